The van der Waals surface area contributed by atoms with Crippen LogP contribution >= 0.6 is 11.3 Å². The average molecular weight is 358 g/mol. The SMILES string of the molecule is COc1cc(OC)cc(C(=O)Nc2nc(-c3ccc(F)cc3)cs2)c1. The maximum Gasteiger partial charge on any atom is 0.257 e. The first-order chi connectivity index (χ1) is 12.1. The second-order valence-corrected chi connectivity index (χ2v) is 5.96. The number of hydrogen-bond acceptors (Lipinski definition) is 5. The van der Waals surface area contributed by atoms with Crippen LogP contribution in [0.5, 0.6) is 11.5 Å². The first-order valence-corrected chi connectivity index (χ1v) is 8.23. The van der Waals surface area contributed by atoms with Gasteiger partial charge in [0.15, 0.2) is 5.13 Å². The molecule has 0 fully saturated rings. The summed E-state index contributed by atoms with van der Waals surface area (Å²) in [5.74, 6) is 0.419. The van der Waals surface area contributed by atoms with Crippen LogP contribution in [0.25, 0.3) is 11.3 Å². The Balaban J connectivity index is 1.79. The highest BCUT2D eigenvalue weighted by Crippen LogP contribution is 2.27. The van der Waals surface area contributed by atoms with Gasteiger partial charge in [-0.2, -0.15) is 0 Å². The normalized spacial score (nSPS) is 10.4. The maximum absolute atomic E-state index is 13.0. The molecule has 25 heavy (non-hydrogen) atoms. The Labute approximate surface area is 148 Å². The Morgan fingerprint density at radius 3 is 2.32 bits per heavy atom. The molecular formula is C18H15FN2O3S. The molecule has 1 N–H and O–H groups in total. The fraction of sp³-hybridized carbons (Fsp3) is 0.111. The summed E-state index contributed by atoms with van der Waals surface area (Å²) in [5, 5.41) is 5.00. The second-order valence-electron chi connectivity index (χ2n) is 5.10. The van der Waals surface area contributed by atoms with Crippen molar-refractivity contribution in [2.75, 3.05) is 19.5 Å². The van der Waals surface area contributed by atoms with Crippen LogP contribution in [0.3, 0.4) is 0 Å². The number of benzene rings is 2. The van der Waals surface area contributed by atoms with Crippen LogP contribution in [-0.4, -0.2) is 25.1 Å². The highest BCUT2D eigenvalue weighted by Gasteiger charge is 2.13. The molecule has 3 aromatic rings. The van der Waals surface area contributed by atoms with Gasteiger partial charge in [0, 0.05) is 22.6 Å². The minimum Gasteiger partial charge on any atom is -0.497 e. The number of nitrogens with one attached hydrogen (secondary N) is 1. The Kier molecular flexibility index (Phi) is 4.95. The number of carbonyl (C=O) groups is 1. The van der Waals surface area contributed by atoms with Gasteiger partial charge < -0.3 is 9.47 Å². The Hall–Kier alpha value is -2.93. The van der Waals surface area contributed by atoms with E-state index in [9.17, 15) is 9.18 Å². The zero-order chi connectivity index (χ0) is 17.8. The van der Waals surface area contributed by atoms with Crippen molar-refractivity contribution in [2.24, 2.45) is 0 Å². The van der Waals surface area contributed by atoms with Crippen molar-refractivity contribution in [2.45, 2.75) is 0 Å². The molecule has 1 amide bonds. The third-order valence-electron chi connectivity index (χ3n) is 3.48. The van der Waals surface area contributed by atoms with Gasteiger partial charge in [-0.25, -0.2) is 9.37 Å². The van der Waals surface area contributed by atoms with E-state index in [1.54, 1.807) is 35.7 Å². The Morgan fingerprint density at radius 1 is 1.08 bits per heavy atom. The van der Waals surface area contributed by atoms with Crippen molar-refractivity contribution in [1.29, 1.82) is 0 Å². The van der Waals surface area contributed by atoms with Crippen molar-refractivity contribution in [3.8, 4) is 22.8 Å². The van der Waals surface area contributed by atoms with E-state index in [2.05, 4.69) is 10.3 Å². The predicted octanol–water partition coefficient (Wildman–Crippen LogP) is 4.22. The first-order valence-electron chi connectivity index (χ1n) is 7.35. The third kappa shape index (κ3) is 3.95. The summed E-state index contributed by atoms with van der Waals surface area (Å²) in [6.07, 6.45) is 0. The van der Waals surface area contributed by atoms with Crippen LogP contribution < -0.4 is 14.8 Å². The minimum atomic E-state index is -0.322. The van der Waals surface area contributed by atoms with E-state index in [1.165, 1.54) is 37.7 Å². The zero-order valence-electron chi connectivity index (χ0n) is 13.6. The third-order valence-corrected chi connectivity index (χ3v) is 4.24. The van der Waals surface area contributed by atoms with E-state index in [0.717, 1.165) is 5.56 Å². The molecule has 0 bridgehead atoms. The number of methoxy groups -OCH3 is 2. The van der Waals surface area contributed by atoms with E-state index in [4.69, 9.17) is 9.47 Å². The molecule has 0 spiro atoms. The van der Waals surface area contributed by atoms with Gasteiger partial charge in [0.1, 0.15) is 17.3 Å². The lowest BCUT2D eigenvalue weighted by Gasteiger charge is -2.08. The number of carbonyl (C=O) groups excluding carboxylic acids is 1. The fourth-order valence-corrected chi connectivity index (χ4v) is 2.91. The molecule has 0 atom stereocenters. The number of amides is 1. The Bertz CT molecular complexity index is 871. The van der Waals surface area contributed by atoms with Crippen molar-refractivity contribution < 1.29 is 18.7 Å². The summed E-state index contributed by atoms with van der Waals surface area (Å²) in [5.41, 5.74) is 1.85. The summed E-state index contributed by atoms with van der Waals surface area (Å²) in [4.78, 5) is 16.8. The van der Waals surface area contributed by atoms with E-state index < -0.39 is 0 Å². The molecule has 0 aliphatic carbocycles. The zero-order valence-corrected chi connectivity index (χ0v) is 14.4. The van der Waals surface area contributed by atoms with E-state index >= 15 is 0 Å². The van der Waals surface area contributed by atoms with Crippen LogP contribution in [0.1, 0.15) is 10.4 Å². The van der Waals surface area contributed by atoms with Gasteiger partial charge in [-0.3, -0.25) is 10.1 Å². The summed E-state index contributed by atoms with van der Waals surface area (Å²) >= 11 is 1.29. The number of rotatable bonds is 5. The molecule has 0 aliphatic rings. The number of anilines is 1. The molecular weight excluding hydrogens is 343 g/mol. The number of nitrogens with zero attached hydrogens (tertiary/aromatic N) is 1. The van der Waals surface area contributed by atoms with Gasteiger partial charge in [-0.15, -0.1) is 11.3 Å². The monoisotopic (exact) mass is 358 g/mol. The molecule has 1 aromatic heterocycles. The number of thiazole rings is 1. The summed E-state index contributed by atoms with van der Waals surface area (Å²) in [7, 11) is 3.04. The smallest absolute Gasteiger partial charge is 0.257 e. The highest BCUT2D eigenvalue weighted by molar-refractivity contribution is 7.14. The maximum atomic E-state index is 13.0. The largest absolute Gasteiger partial charge is 0.497 e. The predicted molar refractivity (Wildman–Crippen MR) is 95.0 cm³/mol. The van der Waals surface area contributed by atoms with Gasteiger partial charge in [-0.05, 0) is 36.4 Å². The standard InChI is InChI=1S/C18H15FN2O3S/c1-23-14-7-12(8-15(9-14)24-2)17(22)21-18-20-16(10-25-18)11-3-5-13(19)6-4-11/h3-10H,1-2H3,(H,20,21,22). The number of aromatic nitrogens is 1. The van der Waals surface area contributed by atoms with Crippen LogP contribution in [0.2, 0.25) is 0 Å². The van der Waals surface area contributed by atoms with Gasteiger partial charge in [0.25, 0.3) is 5.91 Å². The van der Waals surface area contributed by atoms with E-state index in [1.807, 2.05) is 0 Å². The average Bonchev–Trinajstić information content (AvgIpc) is 3.10. The quantitative estimate of drug-likeness (QED) is 0.742. The lowest BCUT2D eigenvalue weighted by molar-refractivity contribution is 0.102. The summed E-state index contributed by atoms with van der Waals surface area (Å²) in [6, 6.07) is 10.9. The summed E-state index contributed by atoms with van der Waals surface area (Å²) in [6.45, 7) is 0. The molecule has 128 valence electrons. The minimum absolute atomic E-state index is 0.306. The molecule has 0 saturated carbocycles. The van der Waals surface area contributed by atoms with Crippen LogP contribution in [-0.2, 0) is 0 Å². The van der Waals surface area contributed by atoms with Gasteiger partial charge >= 0.3 is 0 Å². The van der Waals surface area contributed by atoms with Crippen LogP contribution in [0.4, 0.5) is 9.52 Å². The van der Waals surface area contributed by atoms with Gasteiger partial charge in [0.05, 0.1) is 19.9 Å². The van der Waals surface area contributed by atoms with Crippen molar-refractivity contribution in [3.63, 3.8) is 0 Å². The first kappa shape index (κ1) is 16.9. The van der Waals surface area contributed by atoms with Crippen LogP contribution in [0.15, 0.2) is 47.8 Å². The highest BCUT2D eigenvalue weighted by atomic mass is 32.1. The lowest BCUT2D eigenvalue weighted by Crippen LogP contribution is -2.12. The summed E-state index contributed by atoms with van der Waals surface area (Å²) < 4.78 is 23.3. The topological polar surface area (TPSA) is 60.5 Å². The van der Waals surface area contributed by atoms with Crippen LogP contribution in [0, 0.1) is 5.82 Å². The van der Waals surface area contributed by atoms with Gasteiger partial charge in [-0.1, -0.05) is 0 Å². The van der Waals surface area contributed by atoms with Gasteiger partial charge in [0.2, 0.25) is 0 Å². The van der Waals surface area contributed by atoms with E-state index in [0.29, 0.717) is 27.9 Å². The lowest BCUT2D eigenvalue weighted by atomic mass is 10.2. The van der Waals surface area contributed by atoms with Crippen molar-refractivity contribution in [1.82, 2.24) is 4.98 Å². The fourth-order valence-electron chi connectivity index (χ4n) is 2.19. The molecule has 2 aromatic carbocycles. The van der Waals surface area contributed by atoms with Crippen molar-refractivity contribution in [3.05, 3.63) is 59.2 Å². The molecule has 3 rings (SSSR count). The molecule has 0 unspecified atom stereocenters. The molecule has 0 saturated heterocycles. The molecule has 1 heterocycles. The van der Waals surface area contributed by atoms with E-state index in [-0.39, 0.29) is 11.7 Å². The number of halogens is 1. The second kappa shape index (κ2) is 7.31. The Morgan fingerprint density at radius 2 is 1.72 bits per heavy atom. The molecule has 0 radical (unpaired) electrons. The molecule has 7 heteroatoms. The number of hydrogen-bond donors (Lipinski definition) is 1. The molecule has 0 aliphatic heterocycles. The number of ether oxygens (including phenoxy) is 2. The molecule has 5 nitrogen and oxygen atoms in total. The van der Waals surface area contributed by atoms with Crippen molar-refractivity contribution >= 4 is 22.4 Å².